The normalized spacial score (nSPS) is 14.5. The Labute approximate surface area is 172 Å². The summed E-state index contributed by atoms with van der Waals surface area (Å²) in [7, 11) is 1.61. The molecule has 1 aliphatic rings. The molecule has 0 aliphatic carbocycles. The molecule has 29 heavy (non-hydrogen) atoms. The lowest BCUT2D eigenvalue weighted by molar-refractivity contribution is -0.117. The van der Waals surface area contributed by atoms with Crippen LogP contribution in [0.25, 0.3) is 0 Å². The van der Waals surface area contributed by atoms with Gasteiger partial charge >= 0.3 is 0 Å². The molecule has 1 saturated heterocycles. The van der Waals surface area contributed by atoms with Crippen LogP contribution in [0.3, 0.4) is 0 Å². The number of piperazine rings is 1. The zero-order valence-electron chi connectivity index (χ0n) is 17.4. The number of ether oxygens (including phenoxy) is 1. The van der Waals surface area contributed by atoms with Crippen LogP contribution in [-0.4, -0.2) is 61.4 Å². The number of hydrogen-bond donors (Lipinski definition) is 1. The molecule has 0 spiro atoms. The topological polar surface area (TPSA) is 61.9 Å². The highest BCUT2D eigenvalue weighted by molar-refractivity contribution is 5.95. The Morgan fingerprint density at radius 1 is 1.03 bits per heavy atom. The van der Waals surface area contributed by atoms with Gasteiger partial charge in [-0.25, -0.2) is 0 Å². The molecule has 0 radical (unpaired) electrons. The van der Waals surface area contributed by atoms with Gasteiger partial charge in [0.2, 0.25) is 5.91 Å². The molecule has 1 aliphatic heterocycles. The monoisotopic (exact) mass is 395 g/mol. The smallest absolute Gasteiger partial charge is 0.254 e. The van der Waals surface area contributed by atoms with E-state index < -0.39 is 0 Å². The van der Waals surface area contributed by atoms with Crippen LogP contribution in [0.4, 0.5) is 5.69 Å². The maximum absolute atomic E-state index is 12.8. The number of methoxy groups -OCH3 is 1. The average molecular weight is 396 g/mol. The largest absolute Gasteiger partial charge is 0.496 e. The molecule has 0 unspecified atom stereocenters. The highest BCUT2D eigenvalue weighted by Gasteiger charge is 2.23. The van der Waals surface area contributed by atoms with E-state index in [2.05, 4.69) is 17.1 Å². The van der Waals surface area contributed by atoms with Gasteiger partial charge in [-0.15, -0.1) is 0 Å². The molecule has 1 N–H and O–H groups in total. The van der Waals surface area contributed by atoms with Gasteiger partial charge in [-0.1, -0.05) is 25.1 Å². The van der Waals surface area contributed by atoms with Crippen molar-refractivity contribution in [3.05, 3.63) is 59.2 Å². The zero-order valence-corrected chi connectivity index (χ0v) is 17.4. The molecule has 0 aromatic heterocycles. The molecule has 1 heterocycles. The number of aryl methyl sites for hydroxylation is 2. The van der Waals surface area contributed by atoms with Crippen LogP contribution in [0.5, 0.6) is 5.75 Å². The third-order valence-corrected chi connectivity index (χ3v) is 5.33. The van der Waals surface area contributed by atoms with Crippen molar-refractivity contribution in [2.24, 2.45) is 0 Å². The minimum Gasteiger partial charge on any atom is -0.496 e. The second-order valence-electron chi connectivity index (χ2n) is 7.35. The van der Waals surface area contributed by atoms with Gasteiger partial charge in [-0.2, -0.15) is 0 Å². The predicted molar refractivity (Wildman–Crippen MR) is 115 cm³/mol. The fourth-order valence-electron chi connectivity index (χ4n) is 3.47. The summed E-state index contributed by atoms with van der Waals surface area (Å²) in [5.74, 6) is 0.693. The standard InChI is InChI=1S/C23H29N3O3/c1-4-18-6-9-20(10-7-18)24-22(27)16-25-11-13-26(14-12-25)23(28)19-8-5-17(2)21(15-19)29-3/h5-10,15H,4,11-14,16H2,1-3H3,(H,24,27). The molecule has 2 amide bonds. The number of carbonyl (C=O) groups excluding carboxylic acids is 2. The van der Waals surface area contributed by atoms with E-state index in [0.717, 1.165) is 23.4 Å². The van der Waals surface area contributed by atoms with Crippen LogP contribution in [0.15, 0.2) is 42.5 Å². The Morgan fingerprint density at radius 3 is 2.34 bits per heavy atom. The first-order valence-corrected chi connectivity index (χ1v) is 10.0. The van der Waals surface area contributed by atoms with Crippen molar-refractivity contribution in [2.75, 3.05) is 45.2 Å². The van der Waals surface area contributed by atoms with Gasteiger partial charge in [-0.3, -0.25) is 14.5 Å². The van der Waals surface area contributed by atoms with Crippen molar-refractivity contribution in [1.29, 1.82) is 0 Å². The van der Waals surface area contributed by atoms with Crippen molar-refractivity contribution >= 4 is 17.5 Å². The second kappa shape index (κ2) is 9.56. The number of benzene rings is 2. The lowest BCUT2D eigenvalue weighted by Crippen LogP contribution is -2.50. The van der Waals surface area contributed by atoms with E-state index >= 15 is 0 Å². The summed E-state index contributed by atoms with van der Waals surface area (Å²) in [4.78, 5) is 29.0. The van der Waals surface area contributed by atoms with E-state index in [9.17, 15) is 9.59 Å². The van der Waals surface area contributed by atoms with Crippen molar-refractivity contribution in [1.82, 2.24) is 9.80 Å². The number of nitrogens with zero attached hydrogens (tertiary/aromatic N) is 2. The molecule has 3 rings (SSSR count). The second-order valence-corrected chi connectivity index (χ2v) is 7.35. The quantitative estimate of drug-likeness (QED) is 0.817. The number of nitrogens with one attached hydrogen (secondary N) is 1. The van der Waals surface area contributed by atoms with Crippen LogP contribution in [0, 0.1) is 6.92 Å². The number of carbonyl (C=O) groups is 2. The number of amides is 2. The molecule has 2 aromatic carbocycles. The molecule has 6 heteroatoms. The summed E-state index contributed by atoms with van der Waals surface area (Å²) in [5.41, 5.74) is 3.70. The van der Waals surface area contributed by atoms with Gasteiger partial charge in [0.05, 0.1) is 13.7 Å². The molecular weight excluding hydrogens is 366 g/mol. The highest BCUT2D eigenvalue weighted by Crippen LogP contribution is 2.20. The van der Waals surface area contributed by atoms with Crippen LogP contribution >= 0.6 is 0 Å². The predicted octanol–water partition coefficient (Wildman–Crippen LogP) is 2.96. The molecule has 6 nitrogen and oxygen atoms in total. The van der Waals surface area contributed by atoms with Gasteiger partial charge in [-0.05, 0) is 48.7 Å². The highest BCUT2D eigenvalue weighted by atomic mass is 16.5. The van der Waals surface area contributed by atoms with E-state index in [1.807, 2.05) is 48.2 Å². The molecule has 154 valence electrons. The lowest BCUT2D eigenvalue weighted by atomic mass is 10.1. The van der Waals surface area contributed by atoms with E-state index in [1.54, 1.807) is 13.2 Å². The van der Waals surface area contributed by atoms with Crippen LogP contribution in [0.1, 0.15) is 28.4 Å². The van der Waals surface area contributed by atoms with Gasteiger partial charge in [0, 0.05) is 37.4 Å². The summed E-state index contributed by atoms with van der Waals surface area (Å²) < 4.78 is 5.32. The fourth-order valence-corrected chi connectivity index (χ4v) is 3.47. The van der Waals surface area contributed by atoms with E-state index in [0.29, 0.717) is 38.3 Å². The molecule has 0 saturated carbocycles. The Hall–Kier alpha value is -2.86. The molecule has 0 bridgehead atoms. The van der Waals surface area contributed by atoms with Gasteiger partial charge in [0.1, 0.15) is 5.75 Å². The summed E-state index contributed by atoms with van der Waals surface area (Å²) in [6, 6.07) is 13.5. The Bertz CT molecular complexity index is 856. The maximum Gasteiger partial charge on any atom is 0.254 e. The Balaban J connectivity index is 1.49. The van der Waals surface area contributed by atoms with Gasteiger partial charge in [0.25, 0.3) is 5.91 Å². The van der Waals surface area contributed by atoms with Crippen LogP contribution in [0.2, 0.25) is 0 Å². The van der Waals surface area contributed by atoms with Gasteiger partial charge in [0.15, 0.2) is 0 Å². The summed E-state index contributed by atoms with van der Waals surface area (Å²) in [6.07, 6.45) is 0.979. The summed E-state index contributed by atoms with van der Waals surface area (Å²) in [6.45, 7) is 6.95. The zero-order chi connectivity index (χ0) is 20.8. The first-order chi connectivity index (χ1) is 14.0. The minimum atomic E-state index is -0.0303. The van der Waals surface area contributed by atoms with E-state index in [4.69, 9.17) is 4.74 Å². The Morgan fingerprint density at radius 2 is 1.72 bits per heavy atom. The van der Waals surface area contributed by atoms with E-state index in [1.165, 1.54) is 5.56 Å². The van der Waals surface area contributed by atoms with Crippen molar-refractivity contribution in [3.63, 3.8) is 0 Å². The average Bonchev–Trinajstić information content (AvgIpc) is 2.74. The maximum atomic E-state index is 12.8. The fraction of sp³-hybridized carbons (Fsp3) is 0.391. The van der Waals surface area contributed by atoms with Crippen molar-refractivity contribution in [3.8, 4) is 5.75 Å². The summed E-state index contributed by atoms with van der Waals surface area (Å²) >= 11 is 0. The number of hydrogen-bond acceptors (Lipinski definition) is 4. The third-order valence-electron chi connectivity index (χ3n) is 5.33. The minimum absolute atomic E-state index is 0.00316. The molecule has 0 atom stereocenters. The first-order valence-electron chi connectivity index (χ1n) is 10.0. The molecule has 2 aromatic rings. The van der Waals surface area contributed by atoms with Crippen LogP contribution in [-0.2, 0) is 11.2 Å². The van der Waals surface area contributed by atoms with Crippen molar-refractivity contribution < 1.29 is 14.3 Å². The lowest BCUT2D eigenvalue weighted by Gasteiger charge is -2.34. The summed E-state index contributed by atoms with van der Waals surface area (Å²) in [5, 5.41) is 2.94. The van der Waals surface area contributed by atoms with Gasteiger partial charge < -0.3 is 15.0 Å². The SMILES string of the molecule is CCc1ccc(NC(=O)CN2CCN(C(=O)c3ccc(C)c(OC)c3)CC2)cc1. The molecular formula is C23H29N3O3. The Kier molecular flexibility index (Phi) is 6.88. The first kappa shape index (κ1) is 20.9. The third kappa shape index (κ3) is 5.35. The van der Waals surface area contributed by atoms with E-state index in [-0.39, 0.29) is 11.8 Å². The number of rotatable bonds is 6. The van der Waals surface area contributed by atoms with Crippen molar-refractivity contribution in [2.45, 2.75) is 20.3 Å². The molecule has 1 fully saturated rings. The number of anilines is 1. The van der Waals surface area contributed by atoms with Crippen LogP contribution < -0.4 is 10.1 Å².